The Bertz CT molecular complexity index is 914. The number of phenols is 1. The molecule has 26 heavy (non-hydrogen) atoms. The van der Waals surface area contributed by atoms with Crippen LogP contribution in [0.15, 0.2) is 36.5 Å². The molecule has 2 N–H and O–H groups in total. The summed E-state index contributed by atoms with van der Waals surface area (Å²) in [5, 5.41) is 17.6. The second kappa shape index (κ2) is 7.01. The average molecular weight is 374 g/mol. The normalized spacial score (nSPS) is 17.4. The van der Waals surface area contributed by atoms with E-state index in [-0.39, 0.29) is 17.0 Å². The lowest BCUT2D eigenvalue weighted by molar-refractivity contribution is -0.0304. The van der Waals surface area contributed by atoms with E-state index in [9.17, 15) is 5.11 Å². The third-order valence-corrected chi connectivity index (χ3v) is 4.76. The van der Waals surface area contributed by atoms with E-state index >= 15 is 0 Å². The van der Waals surface area contributed by atoms with Gasteiger partial charge >= 0.3 is 0 Å². The summed E-state index contributed by atoms with van der Waals surface area (Å²) in [5.41, 5.74) is 0.738. The van der Waals surface area contributed by atoms with Crippen LogP contribution in [0.3, 0.4) is 0 Å². The minimum atomic E-state index is 0.0370. The first-order valence-electron chi connectivity index (χ1n) is 8.57. The SMILES string of the molecule is Cn1nc(-c2ccc(O)c(Cl)c2)nc1Nc1cccn1C1CCCCO1. The van der Waals surface area contributed by atoms with E-state index in [0.29, 0.717) is 11.8 Å². The standard InChI is InChI=1S/C18H20ClN5O2/c1-23-18(21-17(22-23)12-7-8-14(25)13(19)11-12)20-15-5-4-9-24(15)16-6-2-3-10-26-16/h4-5,7-9,11,16,25H,2-3,6,10H2,1H3,(H,20,21,22). The Kier molecular flexibility index (Phi) is 4.57. The van der Waals surface area contributed by atoms with Crippen LogP contribution in [-0.4, -0.2) is 31.0 Å². The van der Waals surface area contributed by atoms with Gasteiger partial charge in [-0.25, -0.2) is 4.68 Å². The van der Waals surface area contributed by atoms with Crippen molar-refractivity contribution >= 4 is 23.4 Å². The molecular formula is C18H20ClN5O2. The summed E-state index contributed by atoms with van der Waals surface area (Å²) in [7, 11) is 1.82. The molecular weight excluding hydrogens is 354 g/mol. The maximum Gasteiger partial charge on any atom is 0.227 e. The summed E-state index contributed by atoms with van der Waals surface area (Å²) in [6.45, 7) is 0.790. The van der Waals surface area contributed by atoms with Crippen LogP contribution in [0.2, 0.25) is 5.02 Å². The van der Waals surface area contributed by atoms with Crippen molar-refractivity contribution < 1.29 is 9.84 Å². The molecule has 1 aliphatic rings. The third kappa shape index (κ3) is 3.27. The summed E-state index contributed by atoms with van der Waals surface area (Å²) in [6, 6.07) is 8.89. The van der Waals surface area contributed by atoms with E-state index in [1.807, 2.05) is 25.4 Å². The van der Waals surface area contributed by atoms with Gasteiger partial charge in [-0.2, -0.15) is 4.98 Å². The highest BCUT2D eigenvalue weighted by molar-refractivity contribution is 6.32. The molecule has 2 aromatic heterocycles. The first-order valence-corrected chi connectivity index (χ1v) is 8.95. The lowest BCUT2D eigenvalue weighted by Gasteiger charge is -2.25. The van der Waals surface area contributed by atoms with Crippen molar-refractivity contribution in [3.8, 4) is 17.1 Å². The van der Waals surface area contributed by atoms with Crippen LogP contribution in [0.25, 0.3) is 11.4 Å². The molecule has 1 saturated heterocycles. The summed E-state index contributed by atoms with van der Waals surface area (Å²) in [6.07, 6.45) is 5.33. The number of aryl methyl sites for hydroxylation is 1. The van der Waals surface area contributed by atoms with Gasteiger partial charge in [0.25, 0.3) is 0 Å². The molecule has 3 aromatic rings. The Morgan fingerprint density at radius 3 is 2.96 bits per heavy atom. The molecule has 1 atom stereocenters. The van der Waals surface area contributed by atoms with Crippen molar-refractivity contribution in [3.05, 3.63) is 41.6 Å². The Morgan fingerprint density at radius 2 is 2.19 bits per heavy atom. The van der Waals surface area contributed by atoms with Crippen LogP contribution >= 0.6 is 11.6 Å². The maximum absolute atomic E-state index is 9.57. The zero-order valence-electron chi connectivity index (χ0n) is 14.4. The molecule has 0 aliphatic carbocycles. The number of nitrogens with zero attached hydrogens (tertiary/aromatic N) is 4. The highest BCUT2D eigenvalue weighted by Gasteiger charge is 2.19. The number of ether oxygens (including phenoxy) is 1. The van der Waals surface area contributed by atoms with Crippen molar-refractivity contribution in [2.45, 2.75) is 25.5 Å². The van der Waals surface area contributed by atoms with E-state index in [4.69, 9.17) is 16.3 Å². The molecule has 7 nitrogen and oxygen atoms in total. The fraction of sp³-hybridized carbons (Fsp3) is 0.333. The van der Waals surface area contributed by atoms with Gasteiger partial charge in [-0.05, 0) is 49.6 Å². The molecule has 1 aliphatic heterocycles. The molecule has 3 heterocycles. The predicted octanol–water partition coefficient (Wildman–Crippen LogP) is 4.09. The molecule has 1 fully saturated rings. The number of rotatable bonds is 4. The number of aromatic nitrogens is 4. The van der Waals surface area contributed by atoms with Gasteiger partial charge in [-0.15, -0.1) is 5.10 Å². The molecule has 0 saturated carbocycles. The number of hydrogen-bond donors (Lipinski definition) is 2. The Morgan fingerprint density at radius 1 is 1.31 bits per heavy atom. The predicted molar refractivity (Wildman–Crippen MR) is 99.7 cm³/mol. The van der Waals surface area contributed by atoms with Gasteiger partial charge in [0.05, 0.1) is 5.02 Å². The van der Waals surface area contributed by atoms with Gasteiger partial charge < -0.3 is 19.7 Å². The fourth-order valence-corrected chi connectivity index (χ4v) is 3.25. The van der Waals surface area contributed by atoms with Crippen LogP contribution in [0.1, 0.15) is 25.5 Å². The van der Waals surface area contributed by atoms with E-state index in [0.717, 1.165) is 37.3 Å². The molecule has 0 spiro atoms. The smallest absolute Gasteiger partial charge is 0.227 e. The molecule has 8 heteroatoms. The second-order valence-corrected chi connectivity index (χ2v) is 6.70. The average Bonchev–Trinajstić information content (AvgIpc) is 3.26. The minimum Gasteiger partial charge on any atom is -0.506 e. The Balaban J connectivity index is 1.59. The molecule has 1 unspecified atom stereocenters. The lowest BCUT2D eigenvalue weighted by atomic mass is 10.2. The van der Waals surface area contributed by atoms with E-state index in [2.05, 4.69) is 20.0 Å². The summed E-state index contributed by atoms with van der Waals surface area (Å²) < 4.78 is 9.64. The summed E-state index contributed by atoms with van der Waals surface area (Å²) in [5.74, 6) is 2.08. The van der Waals surface area contributed by atoms with Gasteiger partial charge in [0.2, 0.25) is 5.95 Å². The summed E-state index contributed by atoms with van der Waals surface area (Å²) in [4.78, 5) is 4.56. The monoisotopic (exact) mass is 373 g/mol. The van der Waals surface area contributed by atoms with Crippen LogP contribution in [-0.2, 0) is 11.8 Å². The number of benzene rings is 1. The highest BCUT2D eigenvalue weighted by Crippen LogP contribution is 2.30. The number of aromatic hydroxyl groups is 1. The quantitative estimate of drug-likeness (QED) is 0.720. The van der Waals surface area contributed by atoms with Crippen molar-refractivity contribution in [1.29, 1.82) is 0 Å². The highest BCUT2D eigenvalue weighted by atomic mass is 35.5. The third-order valence-electron chi connectivity index (χ3n) is 4.45. The zero-order chi connectivity index (χ0) is 18.1. The van der Waals surface area contributed by atoms with E-state index in [1.54, 1.807) is 16.8 Å². The molecule has 0 radical (unpaired) electrons. The fourth-order valence-electron chi connectivity index (χ4n) is 3.07. The van der Waals surface area contributed by atoms with Gasteiger partial charge in [0, 0.05) is 25.4 Å². The van der Waals surface area contributed by atoms with Crippen LogP contribution in [0, 0.1) is 0 Å². The topological polar surface area (TPSA) is 77.1 Å². The van der Waals surface area contributed by atoms with Crippen LogP contribution in [0.4, 0.5) is 11.8 Å². The second-order valence-electron chi connectivity index (χ2n) is 6.30. The largest absolute Gasteiger partial charge is 0.506 e. The first kappa shape index (κ1) is 16.9. The van der Waals surface area contributed by atoms with Crippen molar-refractivity contribution in [3.63, 3.8) is 0 Å². The van der Waals surface area contributed by atoms with Crippen LogP contribution < -0.4 is 5.32 Å². The van der Waals surface area contributed by atoms with E-state index < -0.39 is 0 Å². The Labute approximate surface area is 156 Å². The number of anilines is 2. The minimum absolute atomic E-state index is 0.0370. The van der Waals surface area contributed by atoms with Crippen molar-refractivity contribution in [1.82, 2.24) is 19.3 Å². The zero-order valence-corrected chi connectivity index (χ0v) is 15.1. The number of nitrogens with one attached hydrogen (secondary N) is 1. The number of phenolic OH excluding ortho intramolecular Hbond substituents is 1. The van der Waals surface area contributed by atoms with Gasteiger partial charge in [0.1, 0.15) is 17.8 Å². The molecule has 1 aromatic carbocycles. The summed E-state index contributed by atoms with van der Waals surface area (Å²) >= 11 is 5.99. The number of halogens is 1. The first-order chi connectivity index (χ1) is 12.6. The number of hydrogen-bond acceptors (Lipinski definition) is 5. The molecule has 4 rings (SSSR count). The van der Waals surface area contributed by atoms with E-state index in [1.165, 1.54) is 6.07 Å². The van der Waals surface area contributed by atoms with Crippen molar-refractivity contribution in [2.24, 2.45) is 7.05 Å². The molecule has 136 valence electrons. The Hall–Kier alpha value is -2.51. The molecule has 0 amide bonds. The maximum atomic E-state index is 9.57. The molecule has 0 bridgehead atoms. The van der Waals surface area contributed by atoms with Gasteiger partial charge in [-0.3, -0.25) is 0 Å². The van der Waals surface area contributed by atoms with Crippen LogP contribution in [0.5, 0.6) is 5.75 Å². The van der Waals surface area contributed by atoms with Gasteiger partial charge in [-0.1, -0.05) is 11.6 Å². The lowest BCUT2D eigenvalue weighted by Crippen LogP contribution is -2.19. The van der Waals surface area contributed by atoms with Gasteiger partial charge in [0.15, 0.2) is 5.82 Å². The van der Waals surface area contributed by atoms with Crippen molar-refractivity contribution in [2.75, 3.05) is 11.9 Å².